The van der Waals surface area contributed by atoms with E-state index in [-0.39, 0.29) is 11.7 Å². The Balaban J connectivity index is 1.24. The molecule has 0 fully saturated rings. The zero-order valence-corrected chi connectivity index (χ0v) is 15.7. The number of imidazole rings is 2. The van der Waals surface area contributed by atoms with E-state index in [1.807, 2.05) is 35.9 Å². The molecule has 0 aliphatic heterocycles. The van der Waals surface area contributed by atoms with E-state index in [0.29, 0.717) is 19.4 Å². The van der Waals surface area contributed by atoms with Crippen LogP contribution in [0.3, 0.4) is 0 Å². The minimum Gasteiger partial charge on any atom is -0.356 e. The van der Waals surface area contributed by atoms with E-state index in [0.717, 1.165) is 46.6 Å². The van der Waals surface area contributed by atoms with E-state index in [4.69, 9.17) is 0 Å². The molecule has 0 atom stereocenters. The van der Waals surface area contributed by atoms with Crippen LogP contribution in [0.1, 0.15) is 24.5 Å². The number of para-hydroxylation sites is 2. The van der Waals surface area contributed by atoms with Crippen molar-refractivity contribution in [2.45, 2.75) is 25.7 Å². The third-order valence-corrected chi connectivity index (χ3v) is 4.86. The first-order valence-corrected chi connectivity index (χ1v) is 9.41. The van der Waals surface area contributed by atoms with Crippen molar-refractivity contribution in [1.29, 1.82) is 0 Å². The number of aromatic nitrogens is 4. The number of aromatic amines is 1. The summed E-state index contributed by atoms with van der Waals surface area (Å²) in [4.78, 5) is 24.4. The van der Waals surface area contributed by atoms with Gasteiger partial charge in [-0.2, -0.15) is 0 Å². The van der Waals surface area contributed by atoms with E-state index in [9.17, 15) is 9.18 Å². The lowest BCUT2D eigenvalue weighted by atomic mass is 10.2. The van der Waals surface area contributed by atoms with Crippen LogP contribution in [-0.4, -0.2) is 32.0 Å². The standard InChI is InChI=1S/C21H22FN5O/c1-27-18-13-14(22)9-10-17(18)26-20(27)11-12-23-21(28)8-4-7-19-24-15-5-2-3-6-16(15)25-19/h2-3,5-6,9-10,13H,4,7-8,11-12H2,1H3,(H,23,28)(H,24,25). The van der Waals surface area contributed by atoms with Crippen LogP contribution in [0.5, 0.6) is 0 Å². The second-order valence-electron chi connectivity index (χ2n) is 6.87. The van der Waals surface area contributed by atoms with Crippen LogP contribution in [0.15, 0.2) is 42.5 Å². The Kier molecular flexibility index (Phi) is 5.06. The molecule has 0 saturated heterocycles. The summed E-state index contributed by atoms with van der Waals surface area (Å²) in [6.45, 7) is 0.503. The highest BCUT2D eigenvalue weighted by atomic mass is 19.1. The van der Waals surface area contributed by atoms with E-state index in [1.54, 1.807) is 6.07 Å². The van der Waals surface area contributed by atoms with Gasteiger partial charge < -0.3 is 14.9 Å². The molecule has 0 spiro atoms. The summed E-state index contributed by atoms with van der Waals surface area (Å²) in [6.07, 6.45) is 2.52. The predicted octanol–water partition coefficient (Wildman–Crippen LogP) is 3.27. The van der Waals surface area contributed by atoms with E-state index < -0.39 is 0 Å². The third-order valence-electron chi connectivity index (χ3n) is 4.86. The number of nitrogens with one attached hydrogen (secondary N) is 2. The average molecular weight is 379 g/mol. The van der Waals surface area contributed by atoms with Gasteiger partial charge >= 0.3 is 0 Å². The molecule has 2 N–H and O–H groups in total. The van der Waals surface area contributed by atoms with Crippen molar-refractivity contribution in [3.05, 3.63) is 59.9 Å². The molecule has 144 valence electrons. The van der Waals surface area contributed by atoms with E-state index in [2.05, 4.69) is 20.3 Å². The van der Waals surface area contributed by atoms with Crippen LogP contribution in [0.25, 0.3) is 22.1 Å². The van der Waals surface area contributed by atoms with Crippen LogP contribution in [0.4, 0.5) is 4.39 Å². The predicted molar refractivity (Wildman–Crippen MR) is 106 cm³/mol. The number of hydrogen-bond acceptors (Lipinski definition) is 3. The number of fused-ring (bicyclic) bond motifs is 2. The number of hydrogen-bond donors (Lipinski definition) is 2. The van der Waals surface area contributed by atoms with Gasteiger partial charge in [0.15, 0.2) is 0 Å². The maximum Gasteiger partial charge on any atom is 0.220 e. The number of H-pyrrole nitrogens is 1. The molecule has 6 nitrogen and oxygen atoms in total. The second-order valence-corrected chi connectivity index (χ2v) is 6.87. The van der Waals surface area contributed by atoms with Gasteiger partial charge in [-0.25, -0.2) is 14.4 Å². The molecule has 0 bridgehead atoms. The molecule has 2 aromatic heterocycles. The Bertz CT molecular complexity index is 1100. The maximum atomic E-state index is 13.4. The molecule has 2 aromatic carbocycles. The zero-order valence-electron chi connectivity index (χ0n) is 15.7. The number of carbonyl (C=O) groups excluding carboxylic acids is 1. The first kappa shape index (κ1) is 18.2. The molecule has 0 radical (unpaired) electrons. The van der Waals surface area contributed by atoms with Gasteiger partial charge in [0.2, 0.25) is 5.91 Å². The molecule has 0 aliphatic rings. The van der Waals surface area contributed by atoms with Crippen molar-refractivity contribution in [3.63, 3.8) is 0 Å². The zero-order chi connectivity index (χ0) is 19.5. The number of aryl methyl sites for hydroxylation is 2. The summed E-state index contributed by atoms with van der Waals surface area (Å²) in [5, 5.41) is 2.93. The Morgan fingerprint density at radius 1 is 1.14 bits per heavy atom. The lowest BCUT2D eigenvalue weighted by Crippen LogP contribution is -2.26. The van der Waals surface area contributed by atoms with Gasteiger partial charge in [-0.3, -0.25) is 4.79 Å². The highest BCUT2D eigenvalue weighted by Gasteiger charge is 2.09. The van der Waals surface area contributed by atoms with Crippen molar-refractivity contribution in [2.24, 2.45) is 7.05 Å². The molecule has 7 heteroatoms. The second kappa shape index (κ2) is 7.80. The molecule has 0 aliphatic carbocycles. The molecular formula is C21H22FN5O. The van der Waals surface area contributed by atoms with Crippen LogP contribution < -0.4 is 5.32 Å². The van der Waals surface area contributed by atoms with Gasteiger partial charge in [-0.05, 0) is 36.8 Å². The van der Waals surface area contributed by atoms with Crippen molar-refractivity contribution < 1.29 is 9.18 Å². The SMILES string of the molecule is Cn1c(CCNC(=O)CCCc2nc3ccccc3[nH]2)nc2ccc(F)cc21. The van der Waals surface area contributed by atoms with Crippen molar-refractivity contribution in [3.8, 4) is 0 Å². The minimum atomic E-state index is -0.278. The quantitative estimate of drug-likeness (QED) is 0.517. The lowest BCUT2D eigenvalue weighted by Gasteiger charge is -2.05. The molecule has 1 amide bonds. The normalized spacial score (nSPS) is 11.4. The first-order valence-electron chi connectivity index (χ1n) is 9.41. The number of carbonyl (C=O) groups is 1. The summed E-state index contributed by atoms with van der Waals surface area (Å²) < 4.78 is 15.2. The van der Waals surface area contributed by atoms with Crippen molar-refractivity contribution in [1.82, 2.24) is 24.8 Å². The van der Waals surface area contributed by atoms with Crippen molar-refractivity contribution in [2.75, 3.05) is 6.54 Å². The fourth-order valence-corrected chi connectivity index (χ4v) is 3.38. The minimum absolute atomic E-state index is 0.0147. The molecule has 4 rings (SSSR count). The summed E-state index contributed by atoms with van der Waals surface area (Å²) in [5.41, 5.74) is 3.48. The van der Waals surface area contributed by atoms with Gasteiger partial charge in [0.05, 0.1) is 22.1 Å². The highest BCUT2D eigenvalue weighted by Crippen LogP contribution is 2.16. The smallest absolute Gasteiger partial charge is 0.220 e. The van der Waals surface area contributed by atoms with Crippen LogP contribution >= 0.6 is 0 Å². The molecule has 4 aromatic rings. The van der Waals surface area contributed by atoms with E-state index in [1.165, 1.54) is 12.1 Å². The number of nitrogens with zero attached hydrogens (tertiary/aromatic N) is 3. The molecule has 0 unspecified atom stereocenters. The number of halogens is 1. The Morgan fingerprint density at radius 3 is 2.86 bits per heavy atom. The van der Waals surface area contributed by atoms with Crippen molar-refractivity contribution >= 4 is 28.0 Å². The number of rotatable bonds is 7. The van der Waals surface area contributed by atoms with Gasteiger partial charge in [-0.15, -0.1) is 0 Å². The molecule has 28 heavy (non-hydrogen) atoms. The Hall–Kier alpha value is -3.22. The number of amides is 1. The summed E-state index contributed by atoms with van der Waals surface area (Å²) in [7, 11) is 1.86. The lowest BCUT2D eigenvalue weighted by molar-refractivity contribution is -0.121. The monoisotopic (exact) mass is 379 g/mol. The number of benzene rings is 2. The average Bonchev–Trinajstić information content (AvgIpc) is 3.23. The molecule has 2 heterocycles. The first-order chi connectivity index (χ1) is 13.6. The maximum absolute atomic E-state index is 13.4. The van der Waals surface area contributed by atoms with Crippen LogP contribution in [0.2, 0.25) is 0 Å². The Labute approximate surface area is 161 Å². The molecular weight excluding hydrogens is 357 g/mol. The Morgan fingerprint density at radius 2 is 2.00 bits per heavy atom. The third kappa shape index (κ3) is 3.88. The molecule has 0 saturated carbocycles. The van der Waals surface area contributed by atoms with Crippen LogP contribution in [-0.2, 0) is 24.7 Å². The fourth-order valence-electron chi connectivity index (χ4n) is 3.38. The van der Waals surface area contributed by atoms with Crippen LogP contribution in [0, 0.1) is 5.82 Å². The topological polar surface area (TPSA) is 75.6 Å². The van der Waals surface area contributed by atoms with Gasteiger partial charge in [0.1, 0.15) is 17.5 Å². The highest BCUT2D eigenvalue weighted by molar-refractivity contribution is 5.77. The van der Waals surface area contributed by atoms with Gasteiger partial charge in [0.25, 0.3) is 0 Å². The van der Waals surface area contributed by atoms with E-state index >= 15 is 0 Å². The summed E-state index contributed by atoms with van der Waals surface area (Å²) >= 11 is 0. The largest absolute Gasteiger partial charge is 0.356 e. The van der Waals surface area contributed by atoms with Gasteiger partial charge in [-0.1, -0.05) is 12.1 Å². The fraction of sp³-hybridized carbons (Fsp3) is 0.286. The summed E-state index contributed by atoms with van der Waals surface area (Å²) in [5.74, 6) is 1.46. The summed E-state index contributed by atoms with van der Waals surface area (Å²) in [6, 6.07) is 12.4. The van der Waals surface area contributed by atoms with Gasteiger partial charge in [0, 0.05) is 32.9 Å².